The van der Waals surface area contributed by atoms with Crippen molar-refractivity contribution in [3.05, 3.63) is 12.7 Å². The van der Waals surface area contributed by atoms with E-state index in [0.29, 0.717) is 18.8 Å². The van der Waals surface area contributed by atoms with Crippen LogP contribution in [0.4, 0.5) is 0 Å². The molecule has 4 N–H and O–H groups in total. The highest BCUT2D eigenvalue weighted by Crippen LogP contribution is 2.30. The van der Waals surface area contributed by atoms with Crippen molar-refractivity contribution in [3.8, 4) is 0 Å². The van der Waals surface area contributed by atoms with E-state index in [1.807, 2.05) is 6.08 Å². The average molecular weight is 342 g/mol. The molecule has 0 bridgehead atoms. The zero-order valence-corrected chi connectivity index (χ0v) is 16.1. The molecule has 0 aliphatic heterocycles. The van der Waals surface area contributed by atoms with Crippen LogP contribution in [0.3, 0.4) is 0 Å². The zero-order chi connectivity index (χ0) is 18.1. The molecular weight excluding hydrogens is 298 g/mol. The molecule has 24 heavy (non-hydrogen) atoms. The summed E-state index contributed by atoms with van der Waals surface area (Å²) in [5.74, 6) is 0.309. The first kappa shape index (κ1) is 23.6. The smallest absolute Gasteiger partial charge is 0.0448 e. The van der Waals surface area contributed by atoms with Gasteiger partial charge in [-0.3, -0.25) is 0 Å². The average Bonchev–Trinajstić information content (AvgIpc) is 2.56. The Morgan fingerprint density at radius 1 is 0.875 bits per heavy atom. The minimum Gasteiger partial charge on any atom is -0.396 e. The second kappa shape index (κ2) is 16.1. The molecule has 0 aliphatic rings. The van der Waals surface area contributed by atoms with Crippen LogP contribution < -0.4 is 5.73 Å². The molecule has 0 saturated carbocycles. The minimum absolute atomic E-state index is 0.0855. The van der Waals surface area contributed by atoms with E-state index >= 15 is 0 Å². The maximum absolute atomic E-state index is 9.30. The number of allylic oxidation sites excluding steroid dienone is 1. The van der Waals surface area contributed by atoms with Crippen molar-refractivity contribution in [2.75, 3.05) is 13.2 Å². The van der Waals surface area contributed by atoms with Gasteiger partial charge in [-0.2, -0.15) is 0 Å². The van der Waals surface area contributed by atoms with Crippen molar-refractivity contribution in [2.45, 2.75) is 102 Å². The Morgan fingerprint density at radius 3 is 1.75 bits per heavy atom. The van der Waals surface area contributed by atoms with Gasteiger partial charge >= 0.3 is 0 Å². The van der Waals surface area contributed by atoms with Gasteiger partial charge in [0.15, 0.2) is 0 Å². The fourth-order valence-corrected chi connectivity index (χ4v) is 3.67. The number of rotatable bonds is 18. The Morgan fingerprint density at radius 2 is 1.33 bits per heavy atom. The molecule has 1 unspecified atom stereocenters. The number of hydrogen-bond acceptors (Lipinski definition) is 3. The minimum atomic E-state index is -0.461. The molecule has 0 fully saturated rings. The quantitative estimate of drug-likeness (QED) is 0.244. The molecule has 0 rings (SSSR count). The van der Waals surface area contributed by atoms with Crippen molar-refractivity contribution in [1.29, 1.82) is 0 Å². The van der Waals surface area contributed by atoms with Crippen molar-refractivity contribution in [1.82, 2.24) is 0 Å². The summed E-state index contributed by atoms with van der Waals surface area (Å²) in [7, 11) is 0. The zero-order valence-electron chi connectivity index (χ0n) is 16.1. The van der Waals surface area contributed by atoms with Gasteiger partial charge in [0.25, 0.3) is 0 Å². The largest absolute Gasteiger partial charge is 0.396 e. The Bertz CT molecular complexity index is 275. The van der Waals surface area contributed by atoms with Crippen LogP contribution in [-0.4, -0.2) is 29.0 Å². The van der Waals surface area contributed by atoms with E-state index in [2.05, 4.69) is 13.5 Å². The third kappa shape index (κ3) is 11.2. The molecule has 0 spiro atoms. The van der Waals surface area contributed by atoms with Gasteiger partial charge in [0.05, 0.1) is 0 Å². The van der Waals surface area contributed by atoms with E-state index in [-0.39, 0.29) is 13.2 Å². The maximum atomic E-state index is 9.30. The fourth-order valence-electron chi connectivity index (χ4n) is 3.67. The van der Waals surface area contributed by atoms with Crippen LogP contribution >= 0.6 is 0 Å². The number of unbranched alkanes of at least 4 members (excludes halogenated alkanes) is 9. The van der Waals surface area contributed by atoms with Gasteiger partial charge in [-0.15, -0.1) is 6.58 Å². The van der Waals surface area contributed by atoms with Gasteiger partial charge in [0.2, 0.25) is 0 Å². The monoisotopic (exact) mass is 341 g/mol. The van der Waals surface area contributed by atoms with Gasteiger partial charge in [0, 0.05) is 18.8 Å². The van der Waals surface area contributed by atoms with Crippen LogP contribution in [-0.2, 0) is 0 Å². The summed E-state index contributed by atoms with van der Waals surface area (Å²) in [5.41, 5.74) is 6.04. The number of hydrogen-bond donors (Lipinski definition) is 3. The van der Waals surface area contributed by atoms with Gasteiger partial charge < -0.3 is 15.9 Å². The second-order valence-corrected chi connectivity index (χ2v) is 7.37. The Balaban J connectivity index is 3.94. The molecule has 0 aromatic heterocycles. The predicted molar refractivity (Wildman–Crippen MR) is 105 cm³/mol. The summed E-state index contributed by atoms with van der Waals surface area (Å²) in [6, 6.07) is 0. The first-order valence-corrected chi connectivity index (χ1v) is 10.3. The van der Waals surface area contributed by atoms with Gasteiger partial charge in [-0.05, 0) is 31.6 Å². The van der Waals surface area contributed by atoms with E-state index < -0.39 is 5.54 Å². The predicted octanol–water partition coefficient (Wildman–Crippen LogP) is 4.95. The fraction of sp³-hybridized carbons (Fsp3) is 0.905. The van der Waals surface area contributed by atoms with Crippen molar-refractivity contribution < 1.29 is 10.2 Å². The number of nitrogens with two attached hydrogens (primary N) is 1. The Kier molecular flexibility index (Phi) is 15.9. The first-order valence-electron chi connectivity index (χ1n) is 10.3. The van der Waals surface area contributed by atoms with E-state index in [9.17, 15) is 10.2 Å². The highest BCUT2D eigenvalue weighted by Gasteiger charge is 2.32. The highest BCUT2D eigenvalue weighted by molar-refractivity contribution is 4.94. The third-order valence-electron chi connectivity index (χ3n) is 5.32. The van der Waals surface area contributed by atoms with E-state index in [1.54, 1.807) is 0 Å². The standard InChI is InChI=1S/C21H43NO2/c1-3-5-6-7-8-9-10-11-12-13-15-20(14-4-2)21(22,16-18-23)17-19-24/h4,20,23-24H,2-3,5-19,22H2,1H3. The molecule has 0 aromatic rings. The van der Waals surface area contributed by atoms with Gasteiger partial charge in [0.1, 0.15) is 0 Å². The van der Waals surface area contributed by atoms with Gasteiger partial charge in [-0.25, -0.2) is 0 Å². The lowest BCUT2D eigenvalue weighted by atomic mass is 9.75. The molecule has 0 amide bonds. The maximum Gasteiger partial charge on any atom is 0.0448 e. The van der Waals surface area contributed by atoms with Crippen LogP contribution in [0.1, 0.15) is 96.8 Å². The second-order valence-electron chi connectivity index (χ2n) is 7.37. The molecule has 0 aromatic carbocycles. The molecule has 3 nitrogen and oxygen atoms in total. The number of aliphatic hydroxyl groups excluding tert-OH is 2. The first-order chi connectivity index (χ1) is 11.6. The molecule has 144 valence electrons. The summed E-state index contributed by atoms with van der Waals surface area (Å²) < 4.78 is 0. The molecule has 0 heterocycles. The Hall–Kier alpha value is -0.380. The van der Waals surface area contributed by atoms with Gasteiger partial charge in [-0.1, -0.05) is 77.2 Å². The molecule has 0 saturated heterocycles. The summed E-state index contributed by atoms with van der Waals surface area (Å²) in [6.45, 7) is 6.28. The summed E-state index contributed by atoms with van der Waals surface area (Å²) in [6.07, 6.45) is 18.3. The van der Waals surface area contributed by atoms with Crippen molar-refractivity contribution >= 4 is 0 Å². The lowest BCUT2D eigenvalue weighted by molar-refractivity contribution is 0.138. The summed E-state index contributed by atoms with van der Waals surface area (Å²) >= 11 is 0. The molecular formula is C21H43NO2. The Labute approximate surface area is 150 Å². The topological polar surface area (TPSA) is 66.5 Å². The van der Waals surface area contributed by atoms with E-state index in [0.717, 1.165) is 12.8 Å². The summed E-state index contributed by atoms with van der Waals surface area (Å²) in [5, 5.41) is 18.6. The lowest BCUT2D eigenvalue weighted by Crippen LogP contribution is -2.48. The summed E-state index contributed by atoms with van der Waals surface area (Å²) in [4.78, 5) is 0. The normalized spacial score (nSPS) is 13.2. The van der Waals surface area contributed by atoms with E-state index in [4.69, 9.17) is 5.73 Å². The number of aliphatic hydroxyl groups is 2. The SMILES string of the molecule is C=CCC(CCCCCCCCCCCC)C(N)(CCO)CCO. The molecule has 3 heteroatoms. The van der Waals surface area contributed by atoms with Crippen LogP contribution in [0.15, 0.2) is 12.7 Å². The van der Waals surface area contributed by atoms with Crippen LogP contribution in [0.5, 0.6) is 0 Å². The van der Waals surface area contributed by atoms with Crippen LogP contribution in [0.25, 0.3) is 0 Å². The van der Waals surface area contributed by atoms with Crippen molar-refractivity contribution in [2.24, 2.45) is 11.7 Å². The van der Waals surface area contributed by atoms with Crippen LogP contribution in [0.2, 0.25) is 0 Å². The third-order valence-corrected chi connectivity index (χ3v) is 5.32. The molecule has 1 atom stereocenters. The molecule has 0 aliphatic carbocycles. The highest BCUT2D eigenvalue weighted by atomic mass is 16.3. The molecule has 0 radical (unpaired) electrons. The lowest BCUT2D eigenvalue weighted by Gasteiger charge is -2.37. The van der Waals surface area contributed by atoms with E-state index in [1.165, 1.54) is 64.2 Å². The van der Waals surface area contributed by atoms with Crippen molar-refractivity contribution in [3.63, 3.8) is 0 Å². The van der Waals surface area contributed by atoms with Crippen LogP contribution in [0, 0.1) is 5.92 Å².